The highest BCUT2D eigenvalue weighted by molar-refractivity contribution is 6.02. The van der Waals surface area contributed by atoms with Gasteiger partial charge in [-0.05, 0) is 47.4 Å². The number of nitrogen functional groups attached to an aromatic ring is 1. The predicted octanol–water partition coefficient (Wildman–Crippen LogP) is 6.05. The van der Waals surface area contributed by atoms with Gasteiger partial charge in [0, 0.05) is 52.6 Å². The molecule has 4 heteroatoms. The number of nitrogens with two attached hydrogens (primary N) is 1. The highest BCUT2D eigenvalue weighted by Gasteiger charge is 2.42. The minimum absolute atomic E-state index is 0.0676. The van der Waals surface area contributed by atoms with E-state index in [-0.39, 0.29) is 10.8 Å². The number of anilines is 2. The summed E-state index contributed by atoms with van der Waals surface area (Å²) in [5.41, 5.74) is 12.2. The fraction of sp³-hybridized carbons (Fsp3) is 0.370. The zero-order chi connectivity index (χ0) is 22.0. The molecule has 4 nitrogen and oxygen atoms in total. The molecule has 2 aliphatic rings. The molecular formula is C27H31N3O. The Balaban J connectivity index is 1.69. The van der Waals surface area contributed by atoms with Crippen molar-refractivity contribution >= 4 is 34.0 Å². The minimum Gasteiger partial charge on any atom is -0.507 e. The quantitative estimate of drug-likeness (QED) is 0.397. The van der Waals surface area contributed by atoms with Crippen LogP contribution in [0.1, 0.15) is 57.2 Å². The average molecular weight is 414 g/mol. The van der Waals surface area contributed by atoms with Crippen molar-refractivity contribution < 1.29 is 5.11 Å². The first-order valence-electron chi connectivity index (χ1n) is 11.2. The Hall–Kier alpha value is -3.01. The summed E-state index contributed by atoms with van der Waals surface area (Å²) in [5.74, 6) is 0.370. The van der Waals surface area contributed by atoms with Crippen molar-refractivity contribution in [1.29, 1.82) is 0 Å². The maximum absolute atomic E-state index is 11.4. The lowest BCUT2D eigenvalue weighted by atomic mass is 9.69. The summed E-state index contributed by atoms with van der Waals surface area (Å²) in [6.45, 7) is 11.2. The predicted molar refractivity (Wildman–Crippen MR) is 131 cm³/mol. The largest absolute Gasteiger partial charge is 0.507 e. The summed E-state index contributed by atoms with van der Waals surface area (Å²) >= 11 is 0. The topological polar surface area (TPSA) is 61.8 Å². The zero-order valence-electron chi connectivity index (χ0n) is 18.9. The third-order valence-corrected chi connectivity index (χ3v) is 7.32. The lowest BCUT2D eigenvalue weighted by Gasteiger charge is -2.48. The lowest BCUT2D eigenvalue weighted by Crippen LogP contribution is -2.44. The molecule has 5 rings (SSSR count). The van der Waals surface area contributed by atoms with Gasteiger partial charge < -0.3 is 15.7 Å². The van der Waals surface area contributed by atoms with Crippen molar-refractivity contribution in [2.75, 3.05) is 23.7 Å². The summed E-state index contributed by atoms with van der Waals surface area (Å²) < 4.78 is 0. The molecule has 0 amide bonds. The number of fused-ring (bicyclic) bond motifs is 1. The van der Waals surface area contributed by atoms with Crippen LogP contribution in [0.4, 0.5) is 17.1 Å². The molecule has 3 aromatic rings. The van der Waals surface area contributed by atoms with Crippen LogP contribution in [0.15, 0.2) is 47.5 Å². The molecule has 3 N–H and O–H groups in total. The number of aromatic hydroxyl groups is 1. The second kappa shape index (κ2) is 6.74. The minimum atomic E-state index is -0.0736. The van der Waals surface area contributed by atoms with Crippen molar-refractivity contribution in [1.82, 2.24) is 0 Å². The van der Waals surface area contributed by atoms with Crippen molar-refractivity contribution in [2.24, 2.45) is 4.99 Å². The Morgan fingerprint density at radius 1 is 0.968 bits per heavy atom. The lowest BCUT2D eigenvalue weighted by molar-refractivity contribution is 0.378. The Morgan fingerprint density at radius 3 is 2.39 bits per heavy atom. The van der Waals surface area contributed by atoms with Crippen LogP contribution in [0.25, 0.3) is 10.8 Å². The highest BCUT2D eigenvalue weighted by atomic mass is 16.3. The van der Waals surface area contributed by atoms with Gasteiger partial charge in [-0.3, -0.25) is 4.99 Å². The molecule has 0 aromatic heterocycles. The number of rotatable bonds is 2. The monoisotopic (exact) mass is 413 g/mol. The summed E-state index contributed by atoms with van der Waals surface area (Å²) in [6, 6.07) is 14.1. The second-order valence-corrected chi connectivity index (χ2v) is 10.3. The molecule has 0 saturated carbocycles. The van der Waals surface area contributed by atoms with E-state index in [1.54, 1.807) is 0 Å². The maximum atomic E-state index is 11.4. The smallest absolute Gasteiger partial charge is 0.130 e. The molecular weight excluding hydrogens is 382 g/mol. The van der Waals surface area contributed by atoms with Gasteiger partial charge in [-0.25, -0.2) is 0 Å². The fourth-order valence-corrected chi connectivity index (χ4v) is 5.25. The molecule has 2 heterocycles. The summed E-state index contributed by atoms with van der Waals surface area (Å²) in [4.78, 5) is 7.28. The number of hydrogen-bond donors (Lipinski definition) is 2. The number of nitrogens with zero attached hydrogens (tertiary/aromatic N) is 2. The van der Waals surface area contributed by atoms with E-state index in [0.29, 0.717) is 5.75 Å². The van der Waals surface area contributed by atoms with Gasteiger partial charge >= 0.3 is 0 Å². The van der Waals surface area contributed by atoms with Gasteiger partial charge in [-0.1, -0.05) is 52.0 Å². The van der Waals surface area contributed by atoms with Crippen molar-refractivity contribution in [3.63, 3.8) is 0 Å². The van der Waals surface area contributed by atoms with Gasteiger partial charge in [-0.2, -0.15) is 0 Å². The normalized spacial score (nSPS) is 19.0. The van der Waals surface area contributed by atoms with Crippen LogP contribution in [0.3, 0.4) is 0 Å². The van der Waals surface area contributed by atoms with E-state index in [9.17, 15) is 5.11 Å². The number of aliphatic imine (C=N–C) groups is 1. The molecule has 0 bridgehead atoms. The van der Waals surface area contributed by atoms with E-state index >= 15 is 0 Å². The molecule has 31 heavy (non-hydrogen) atoms. The Morgan fingerprint density at radius 2 is 1.65 bits per heavy atom. The van der Waals surface area contributed by atoms with Crippen LogP contribution in [0.5, 0.6) is 5.75 Å². The van der Waals surface area contributed by atoms with Crippen molar-refractivity contribution in [2.45, 2.75) is 51.4 Å². The molecule has 0 saturated heterocycles. The Kier molecular flexibility index (Phi) is 4.34. The first kappa shape index (κ1) is 19.9. The summed E-state index contributed by atoms with van der Waals surface area (Å²) in [7, 11) is 0. The Bertz CT molecular complexity index is 1220. The van der Waals surface area contributed by atoms with Crippen LogP contribution >= 0.6 is 0 Å². The van der Waals surface area contributed by atoms with Crippen LogP contribution in [-0.4, -0.2) is 24.4 Å². The van der Waals surface area contributed by atoms with Crippen LogP contribution in [0.2, 0.25) is 0 Å². The van der Waals surface area contributed by atoms with Crippen molar-refractivity contribution in [3.8, 4) is 5.75 Å². The molecule has 0 fully saturated rings. The van der Waals surface area contributed by atoms with Crippen LogP contribution < -0.4 is 10.6 Å². The number of hydrogen-bond acceptors (Lipinski definition) is 4. The standard InChI is InChI=1S/C27H31N3O/c1-26(2)11-13-30-14-12-27(3,4)23-24(30)20(26)15-17(25(23)31)16-29-22-10-9-21(28)18-7-5-6-8-19(18)22/h5-10,15-16,31H,11-14,28H2,1-4H3. The molecule has 0 unspecified atom stereocenters. The number of benzene rings is 3. The molecule has 0 atom stereocenters. The maximum Gasteiger partial charge on any atom is 0.130 e. The fourth-order valence-electron chi connectivity index (χ4n) is 5.25. The third-order valence-electron chi connectivity index (χ3n) is 7.32. The van der Waals surface area contributed by atoms with Crippen LogP contribution in [-0.2, 0) is 10.8 Å². The van der Waals surface area contributed by atoms with E-state index in [0.717, 1.165) is 59.2 Å². The van der Waals surface area contributed by atoms with Gasteiger partial charge in [0.15, 0.2) is 0 Å². The molecule has 0 radical (unpaired) electrons. The zero-order valence-corrected chi connectivity index (χ0v) is 18.9. The van der Waals surface area contributed by atoms with E-state index in [4.69, 9.17) is 10.7 Å². The second-order valence-electron chi connectivity index (χ2n) is 10.3. The first-order chi connectivity index (χ1) is 14.7. The van der Waals surface area contributed by atoms with E-state index in [1.165, 1.54) is 11.3 Å². The Labute approximate surface area is 184 Å². The summed E-state index contributed by atoms with van der Waals surface area (Å²) in [5, 5.41) is 13.4. The molecule has 0 aliphatic carbocycles. The van der Waals surface area contributed by atoms with Gasteiger partial charge in [-0.15, -0.1) is 0 Å². The first-order valence-corrected chi connectivity index (χ1v) is 11.2. The van der Waals surface area contributed by atoms with E-state index in [1.807, 2.05) is 42.6 Å². The van der Waals surface area contributed by atoms with Gasteiger partial charge in [0.25, 0.3) is 0 Å². The molecule has 160 valence electrons. The van der Waals surface area contributed by atoms with Crippen molar-refractivity contribution in [3.05, 3.63) is 59.2 Å². The number of phenolic OH excluding ortho intramolecular Hbond substituents is 1. The highest BCUT2D eigenvalue weighted by Crippen LogP contribution is 2.53. The van der Waals surface area contributed by atoms with Crippen LogP contribution in [0, 0.1) is 0 Å². The molecule has 3 aromatic carbocycles. The third kappa shape index (κ3) is 3.08. The molecule has 2 aliphatic heterocycles. The number of phenols is 1. The average Bonchev–Trinajstić information content (AvgIpc) is 2.73. The summed E-state index contributed by atoms with van der Waals surface area (Å²) in [6.07, 6.45) is 3.98. The van der Waals surface area contributed by atoms with Gasteiger partial charge in [0.2, 0.25) is 0 Å². The van der Waals surface area contributed by atoms with E-state index in [2.05, 4.69) is 38.7 Å². The van der Waals surface area contributed by atoms with Gasteiger partial charge in [0.1, 0.15) is 5.75 Å². The van der Waals surface area contributed by atoms with Gasteiger partial charge in [0.05, 0.1) is 5.69 Å². The molecule has 0 spiro atoms. The SMILES string of the molecule is CC1(C)CCN2CCC(C)(C)c3c(O)c(C=Nc4ccc(N)c5ccccc45)cc1c32. The van der Waals surface area contributed by atoms with E-state index < -0.39 is 0 Å².